The number of urea groups is 2. The third-order valence-electron chi connectivity index (χ3n) is 4.92. The van der Waals surface area contributed by atoms with Crippen molar-refractivity contribution in [3.63, 3.8) is 0 Å². The second-order valence-electron chi connectivity index (χ2n) is 8.59. The van der Waals surface area contributed by atoms with Gasteiger partial charge in [-0.3, -0.25) is 21.6 Å². The molecule has 4 N–H and O–H groups in total. The Kier molecular flexibility index (Phi) is 25.6. The van der Waals surface area contributed by atoms with Gasteiger partial charge < -0.3 is 10.6 Å². The summed E-state index contributed by atoms with van der Waals surface area (Å²) in [4.78, 5) is 22.6. The van der Waals surface area contributed by atoms with E-state index in [0.717, 1.165) is 74.3 Å². The first-order valence-corrected chi connectivity index (χ1v) is 15.8. The molecule has 0 bridgehead atoms. The number of amides is 4. The van der Waals surface area contributed by atoms with Gasteiger partial charge in [0, 0.05) is 34.8 Å². The molecule has 2 aromatic rings. The molecule has 0 atom stereocenters. The smallest absolute Gasteiger partial charge is 0.358 e. The fraction of sp³-hybridized carbons (Fsp3) is 0.312. The van der Waals surface area contributed by atoms with Gasteiger partial charge >= 0.3 is 33.8 Å². The van der Waals surface area contributed by atoms with E-state index >= 15 is 0 Å². The summed E-state index contributed by atoms with van der Waals surface area (Å²) in [6.45, 7) is 4.09. The Morgan fingerprint density at radius 1 is 0.711 bits per heavy atom. The van der Waals surface area contributed by atoms with E-state index in [1.807, 2.05) is 50.3 Å². The quantitative estimate of drug-likeness (QED) is 0.0657. The predicted octanol–water partition coefficient (Wildman–Crippen LogP) is 9.28. The van der Waals surface area contributed by atoms with E-state index in [1.54, 1.807) is 0 Å². The van der Waals surface area contributed by atoms with Crippen molar-refractivity contribution in [2.75, 3.05) is 22.1 Å². The average molecular weight is 697 g/mol. The molecule has 2 aliphatic carbocycles. The number of allylic oxidation sites excluding steroid dienone is 8. The Morgan fingerprint density at radius 3 is 1.38 bits per heavy atom. The summed E-state index contributed by atoms with van der Waals surface area (Å²) in [5.74, 6) is -1.85. The number of carbonyl (C=O) groups excluding carboxylic acids is 2. The first kappa shape index (κ1) is 42.1. The molecule has 13 heteroatoms. The molecule has 6 nitrogen and oxygen atoms in total. The summed E-state index contributed by atoms with van der Waals surface area (Å²) in [6.07, 6.45) is 24.1. The van der Waals surface area contributed by atoms with Crippen molar-refractivity contribution in [3.8, 4) is 0 Å². The molecule has 0 saturated heterocycles. The summed E-state index contributed by atoms with van der Waals surface area (Å²) >= 11 is 2.49. The molecule has 0 spiro atoms. The molecule has 0 unspecified atom stereocenters. The first-order chi connectivity index (χ1) is 21.3. The molecule has 4 rings (SSSR count). The van der Waals surface area contributed by atoms with Crippen molar-refractivity contribution in [2.24, 2.45) is 0 Å². The molecular formula is C32H36F4N4O2S2Ti. The summed E-state index contributed by atoms with van der Waals surface area (Å²) in [6, 6.07) is 6.96. The Balaban J connectivity index is 0.000000644. The van der Waals surface area contributed by atoms with Gasteiger partial charge in [0.25, 0.3) is 0 Å². The van der Waals surface area contributed by atoms with Gasteiger partial charge in [-0.05, 0) is 48.1 Å². The SMILES string of the molecule is CCCCSNC(=O)Nc1ccc(F)[c-]c1F.CCCCSNC(=O)Nc1ccc(F)[c-]c1F.[C-]1=CC=CC1.[C-]1=CC=CC1.[Ti+4]. The predicted molar refractivity (Wildman–Crippen MR) is 173 cm³/mol. The van der Waals surface area contributed by atoms with Crippen LogP contribution in [0.2, 0.25) is 0 Å². The van der Waals surface area contributed by atoms with Gasteiger partial charge in [-0.1, -0.05) is 26.7 Å². The molecule has 4 amide bonds. The van der Waals surface area contributed by atoms with Crippen molar-refractivity contribution in [2.45, 2.75) is 52.4 Å². The summed E-state index contributed by atoms with van der Waals surface area (Å²) < 4.78 is 56.3. The van der Waals surface area contributed by atoms with E-state index in [9.17, 15) is 27.2 Å². The number of rotatable bonds is 10. The molecule has 2 aromatic carbocycles. The van der Waals surface area contributed by atoms with Gasteiger partial charge in [0.2, 0.25) is 0 Å². The molecule has 0 aromatic heterocycles. The molecule has 0 heterocycles. The van der Waals surface area contributed by atoms with Gasteiger partial charge in [0.05, 0.1) is 0 Å². The Morgan fingerprint density at radius 2 is 1.11 bits per heavy atom. The monoisotopic (exact) mass is 696 g/mol. The number of benzene rings is 2. The van der Waals surface area contributed by atoms with Crippen molar-refractivity contribution in [1.29, 1.82) is 0 Å². The molecule has 0 fully saturated rings. The van der Waals surface area contributed by atoms with Gasteiger partial charge in [-0.15, -0.1) is 49.2 Å². The van der Waals surface area contributed by atoms with Crippen molar-refractivity contribution in [1.82, 2.24) is 9.44 Å². The van der Waals surface area contributed by atoms with E-state index in [2.05, 4.69) is 44.4 Å². The van der Waals surface area contributed by atoms with Crippen LogP contribution in [-0.2, 0) is 21.7 Å². The molecule has 0 aliphatic heterocycles. The summed E-state index contributed by atoms with van der Waals surface area (Å²) in [5.41, 5.74) is -0.194. The molecule has 0 saturated carbocycles. The Hall–Kier alpha value is -2.93. The van der Waals surface area contributed by atoms with Gasteiger partial charge in [-0.25, -0.2) is 51.5 Å². The number of halogens is 4. The Labute approximate surface area is 287 Å². The maximum Gasteiger partial charge on any atom is 4.00 e. The fourth-order valence-electron chi connectivity index (χ4n) is 2.72. The van der Waals surface area contributed by atoms with Crippen LogP contribution in [0.3, 0.4) is 0 Å². The number of carbonyl (C=O) groups is 2. The van der Waals surface area contributed by atoms with Crippen LogP contribution in [0.1, 0.15) is 52.4 Å². The van der Waals surface area contributed by atoms with Crippen LogP contribution in [0, 0.1) is 47.6 Å². The fourth-order valence-corrected chi connectivity index (χ4v) is 4.16. The number of unbranched alkanes of at least 4 members (excludes halogenated alkanes) is 2. The number of anilines is 2. The zero-order valence-electron chi connectivity index (χ0n) is 25.1. The zero-order chi connectivity index (χ0) is 32.4. The van der Waals surface area contributed by atoms with Gasteiger partial charge in [0.1, 0.15) is 0 Å². The van der Waals surface area contributed by atoms with Crippen LogP contribution in [0.15, 0.2) is 60.7 Å². The van der Waals surface area contributed by atoms with Crippen LogP contribution in [0.5, 0.6) is 0 Å². The minimum Gasteiger partial charge on any atom is -0.358 e. The number of nitrogens with one attached hydrogen (secondary N) is 4. The second-order valence-corrected chi connectivity index (χ2v) is 10.4. The third-order valence-corrected chi connectivity index (χ3v) is 6.57. The van der Waals surface area contributed by atoms with Crippen LogP contribution >= 0.6 is 23.9 Å². The second kappa shape index (κ2) is 27.4. The first-order valence-electron chi connectivity index (χ1n) is 13.8. The van der Waals surface area contributed by atoms with E-state index in [0.29, 0.717) is 0 Å². The topological polar surface area (TPSA) is 82.3 Å². The van der Waals surface area contributed by atoms with E-state index < -0.39 is 35.3 Å². The van der Waals surface area contributed by atoms with Crippen LogP contribution in [-0.4, -0.2) is 23.6 Å². The molecule has 0 radical (unpaired) electrons. The van der Waals surface area contributed by atoms with Crippen molar-refractivity contribution in [3.05, 3.63) is 108 Å². The summed E-state index contributed by atoms with van der Waals surface area (Å²) in [5, 5.41) is 4.54. The third kappa shape index (κ3) is 22.3. The van der Waals surface area contributed by atoms with Gasteiger partial charge in [-0.2, -0.15) is 12.2 Å². The zero-order valence-corrected chi connectivity index (χ0v) is 28.3. The standard InChI is InChI=1S/2C11H13F2N2OS.2C5H5.Ti/c2*1-2-3-6-17-15-11(16)14-10-5-4-8(12)7-9(10)13;2*1-2-4-5-3-1;/h2*4-5H,2-3,6H2,1H3,(H2,14,15,16);2*1-3H,4H2;/q4*-1;+4. The van der Waals surface area contributed by atoms with Crippen molar-refractivity contribution >= 4 is 47.3 Å². The molecule has 2 aliphatic rings. The van der Waals surface area contributed by atoms with Crippen LogP contribution < -0.4 is 20.1 Å². The largest absolute Gasteiger partial charge is 4.00 e. The normalized spacial score (nSPS) is 11.5. The maximum atomic E-state index is 13.1. The van der Waals surface area contributed by atoms with Gasteiger partial charge in [0.15, 0.2) is 0 Å². The molecule has 45 heavy (non-hydrogen) atoms. The van der Waals surface area contributed by atoms with Crippen molar-refractivity contribution < 1.29 is 48.9 Å². The average Bonchev–Trinajstić information content (AvgIpc) is 3.77. The Bertz CT molecular complexity index is 1150. The molecule has 240 valence electrons. The van der Waals surface area contributed by atoms with Crippen LogP contribution in [0.4, 0.5) is 38.5 Å². The van der Waals surface area contributed by atoms with E-state index in [-0.39, 0.29) is 33.1 Å². The van der Waals surface area contributed by atoms with E-state index in [1.165, 1.54) is 23.9 Å². The summed E-state index contributed by atoms with van der Waals surface area (Å²) in [7, 11) is 0. The number of hydrogen-bond acceptors (Lipinski definition) is 4. The maximum absolute atomic E-state index is 13.1. The number of hydrogen-bond donors (Lipinski definition) is 4. The minimum atomic E-state index is -0.918. The van der Waals surface area contributed by atoms with E-state index in [4.69, 9.17) is 0 Å². The van der Waals surface area contributed by atoms with Crippen LogP contribution in [0.25, 0.3) is 0 Å². The minimum absolute atomic E-state index is 0. The molecular weight excluding hydrogens is 660 g/mol.